The van der Waals surface area contributed by atoms with Gasteiger partial charge in [0, 0.05) is 20.1 Å². The van der Waals surface area contributed by atoms with Gasteiger partial charge >= 0.3 is 5.97 Å². The molecule has 23 heavy (non-hydrogen) atoms. The van der Waals surface area contributed by atoms with E-state index in [0.717, 1.165) is 0 Å². The number of carbonyl (C=O) groups is 2. The van der Waals surface area contributed by atoms with Crippen molar-refractivity contribution in [3.05, 3.63) is 28.0 Å². The normalized spacial score (nSPS) is 21.1. The predicted octanol–water partition coefficient (Wildman–Crippen LogP) is 0.772. The van der Waals surface area contributed by atoms with Gasteiger partial charge in [0.25, 0.3) is 11.5 Å². The maximum absolute atomic E-state index is 12.8. The lowest BCUT2D eigenvalue weighted by atomic mass is 9.90. The minimum Gasteiger partial charge on any atom is -0.481 e. The Kier molecular flexibility index (Phi) is 3.28. The van der Waals surface area contributed by atoms with Gasteiger partial charge in [-0.2, -0.15) is 0 Å². The van der Waals surface area contributed by atoms with Crippen molar-refractivity contribution in [1.29, 1.82) is 0 Å². The Balaban J connectivity index is 2.06. The lowest BCUT2D eigenvalue weighted by Crippen LogP contribution is -2.35. The molecule has 1 saturated heterocycles. The van der Waals surface area contributed by atoms with E-state index >= 15 is 0 Å². The second-order valence-electron chi connectivity index (χ2n) is 6.22. The first-order valence-corrected chi connectivity index (χ1v) is 7.22. The molecule has 122 valence electrons. The topological polar surface area (TPSA) is 106 Å². The van der Waals surface area contributed by atoms with Crippen LogP contribution in [0.2, 0.25) is 0 Å². The zero-order valence-electron chi connectivity index (χ0n) is 13.1. The molecule has 1 N–H and O–H groups in total. The summed E-state index contributed by atoms with van der Waals surface area (Å²) in [5, 5.41) is 9.43. The molecule has 0 saturated carbocycles. The van der Waals surface area contributed by atoms with Crippen molar-refractivity contribution in [2.45, 2.75) is 20.3 Å². The van der Waals surface area contributed by atoms with E-state index in [2.05, 4.69) is 4.98 Å². The van der Waals surface area contributed by atoms with E-state index in [1.165, 1.54) is 15.8 Å². The predicted molar refractivity (Wildman–Crippen MR) is 80.3 cm³/mol. The SMILES string of the molecule is Cc1oc2ncn(C)c(=O)c2c1C(=O)N1CCC(C)(C(=O)O)C1. The summed E-state index contributed by atoms with van der Waals surface area (Å²) in [5.74, 6) is -1.01. The molecule has 1 atom stereocenters. The van der Waals surface area contributed by atoms with Crippen LogP contribution in [0, 0.1) is 12.3 Å². The van der Waals surface area contributed by atoms with Crippen LogP contribution in [0.15, 0.2) is 15.5 Å². The molecule has 1 aliphatic heterocycles. The van der Waals surface area contributed by atoms with Crippen LogP contribution in [0.3, 0.4) is 0 Å². The molecule has 2 aromatic rings. The molecule has 1 amide bonds. The van der Waals surface area contributed by atoms with Crippen molar-refractivity contribution in [2.24, 2.45) is 12.5 Å². The Morgan fingerprint density at radius 2 is 2.13 bits per heavy atom. The molecule has 3 heterocycles. The van der Waals surface area contributed by atoms with Gasteiger partial charge in [-0.15, -0.1) is 0 Å². The lowest BCUT2D eigenvalue weighted by Gasteiger charge is -2.20. The Bertz CT molecular complexity index is 881. The summed E-state index contributed by atoms with van der Waals surface area (Å²) in [7, 11) is 1.54. The average Bonchev–Trinajstić information content (AvgIpc) is 3.04. The van der Waals surface area contributed by atoms with Crippen LogP contribution in [-0.4, -0.2) is 44.5 Å². The number of carboxylic acid groups (broad SMARTS) is 1. The number of carboxylic acids is 1. The number of aliphatic carboxylic acids is 1. The number of rotatable bonds is 2. The third kappa shape index (κ3) is 2.21. The standard InChI is InChI=1S/C15H17N3O5/c1-8-9(10-11(23-8)16-7-17(3)12(10)19)13(20)18-5-4-15(2,6-18)14(21)22/h7H,4-6H2,1-3H3,(H,21,22). The van der Waals surface area contributed by atoms with E-state index < -0.39 is 17.3 Å². The fourth-order valence-electron chi connectivity index (χ4n) is 2.91. The fraction of sp³-hybridized carbons (Fsp3) is 0.467. The molecule has 0 radical (unpaired) electrons. The highest BCUT2D eigenvalue weighted by Crippen LogP contribution is 2.32. The molecule has 3 rings (SSSR count). The Hall–Kier alpha value is -2.64. The van der Waals surface area contributed by atoms with Gasteiger partial charge in [-0.25, -0.2) is 4.98 Å². The van der Waals surface area contributed by atoms with E-state index in [1.54, 1.807) is 20.9 Å². The number of hydrogen-bond acceptors (Lipinski definition) is 5. The average molecular weight is 319 g/mol. The largest absolute Gasteiger partial charge is 0.481 e. The summed E-state index contributed by atoms with van der Waals surface area (Å²) in [6.07, 6.45) is 1.71. The zero-order chi connectivity index (χ0) is 16.9. The number of furan rings is 1. The van der Waals surface area contributed by atoms with Crippen LogP contribution in [0.25, 0.3) is 11.1 Å². The summed E-state index contributed by atoms with van der Waals surface area (Å²) in [4.78, 5) is 41.9. The lowest BCUT2D eigenvalue weighted by molar-refractivity contribution is -0.147. The van der Waals surface area contributed by atoms with Crippen molar-refractivity contribution >= 4 is 23.0 Å². The van der Waals surface area contributed by atoms with E-state index in [9.17, 15) is 19.5 Å². The van der Waals surface area contributed by atoms with E-state index in [1.807, 2.05) is 0 Å². The summed E-state index contributed by atoms with van der Waals surface area (Å²) in [5.41, 5.74) is -1.04. The van der Waals surface area contributed by atoms with E-state index in [4.69, 9.17) is 4.42 Å². The molecule has 1 fully saturated rings. The maximum Gasteiger partial charge on any atom is 0.311 e. The summed E-state index contributed by atoms with van der Waals surface area (Å²) >= 11 is 0. The quantitative estimate of drug-likeness (QED) is 0.876. The van der Waals surface area contributed by atoms with Gasteiger partial charge in [-0.05, 0) is 20.3 Å². The molecule has 8 heteroatoms. The van der Waals surface area contributed by atoms with Gasteiger partial charge in [-0.3, -0.25) is 14.4 Å². The van der Waals surface area contributed by atoms with Crippen molar-refractivity contribution in [3.63, 3.8) is 0 Å². The minimum absolute atomic E-state index is 0.105. The van der Waals surface area contributed by atoms with Crippen LogP contribution in [-0.2, 0) is 11.8 Å². The van der Waals surface area contributed by atoms with Gasteiger partial charge in [0.2, 0.25) is 5.71 Å². The number of nitrogens with zero attached hydrogens (tertiary/aromatic N) is 3. The molecule has 0 aliphatic carbocycles. The number of aryl methyl sites for hydroxylation is 2. The summed E-state index contributed by atoms with van der Waals surface area (Å²) in [6, 6.07) is 0. The fourth-order valence-corrected chi connectivity index (χ4v) is 2.91. The first kappa shape index (κ1) is 15.3. The van der Waals surface area contributed by atoms with Gasteiger partial charge < -0.3 is 19.0 Å². The first-order chi connectivity index (χ1) is 10.7. The minimum atomic E-state index is -0.966. The number of likely N-dealkylation sites (tertiary alicyclic amines) is 1. The number of aromatic nitrogens is 2. The second-order valence-corrected chi connectivity index (χ2v) is 6.22. The number of carbonyl (C=O) groups excluding carboxylic acids is 1. The third-order valence-electron chi connectivity index (χ3n) is 4.44. The van der Waals surface area contributed by atoms with Crippen molar-refractivity contribution in [1.82, 2.24) is 14.5 Å². The van der Waals surface area contributed by atoms with Crippen LogP contribution >= 0.6 is 0 Å². The van der Waals surface area contributed by atoms with Gasteiger partial charge in [0.1, 0.15) is 17.5 Å². The smallest absolute Gasteiger partial charge is 0.311 e. The molecule has 2 aromatic heterocycles. The second kappa shape index (κ2) is 4.94. The summed E-state index contributed by atoms with van der Waals surface area (Å²) < 4.78 is 6.70. The molecule has 1 unspecified atom stereocenters. The molecular formula is C15H17N3O5. The van der Waals surface area contributed by atoms with Crippen LogP contribution in [0.1, 0.15) is 29.5 Å². The maximum atomic E-state index is 12.8. The molecular weight excluding hydrogens is 302 g/mol. The Morgan fingerprint density at radius 3 is 2.74 bits per heavy atom. The highest BCUT2D eigenvalue weighted by molar-refractivity contribution is 6.06. The van der Waals surface area contributed by atoms with Crippen molar-refractivity contribution in [3.8, 4) is 0 Å². The molecule has 8 nitrogen and oxygen atoms in total. The van der Waals surface area contributed by atoms with Crippen molar-refractivity contribution < 1.29 is 19.1 Å². The molecule has 0 spiro atoms. The Labute approximate surface area is 131 Å². The number of hydrogen-bond donors (Lipinski definition) is 1. The van der Waals surface area contributed by atoms with E-state index in [-0.39, 0.29) is 28.8 Å². The molecule has 1 aliphatic rings. The number of fused-ring (bicyclic) bond motifs is 1. The van der Waals surface area contributed by atoms with Crippen LogP contribution in [0.4, 0.5) is 0 Å². The number of amides is 1. The molecule has 0 bridgehead atoms. The summed E-state index contributed by atoms with van der Waals surface area (Å²) in [6.45, 7) is 3.65. The Morgan fingerprint density at radius 1 is 1.43 bits per heavy atom. The van der Waals surface area contributed by atoms with Crippen LogP contribution in [0.5, 0.6) is 0 Å². The molecule has 0 aromatic carbocycles. The third-order valence-corrected chi connectivity index (χ3v) is 4.44. The van der Waals surface area contributed by atoms with Crippen LogP contribution < -0.4 is 5.56 Å². The highest BCUT2D eigenvalue weighted by Gasteiger charge is 2.43. The monoisotopic (exact) mass is 319 g/mol. The van der Waals surface area contributed by atoms with Crippen molar-refractivity contribution in [2.75, 3.05) is 13.1 Å². The van der Waals surface area contributed by atoms with Gasteiger partial charge in [0.15, 0.2) is 0 Å². The zero-order valence-corrected chi connectivity index (χ0v) is 13.1. The first-order valence-electron chi connectivity index (χ1n) is 7.22. The van der Waals surface area contributed by atoms with Gasteiger partial charge in [-0.1, -0.05) is 0 Å². The van der Waals surface area contributed by atoms with E-state index in [0.29, 0.717) is 18.7 Å². The highest BCUT2D eigenvalue weighted by atomic mass is 16.4. The van der Waals surface area contributed by atoms with Gasteiger partial charge in [0.05, 0.1) is 11.0 Å².